The zero-order valence-electron chi connectivity index (χ0n) is 24.2. The third-order valence-corrected chi connectivity index (χ3v) is 28.3. The summed E-state index contributed by atoms with van der Waals surface area (Å²) in [6, 6.07) is 0. The Balaban J connectivity index is 2.03. The van der Waals surface area contributed by atoms with Crippen molar-refractivity contribution in [2.24, 2.45) is 22.7 Å². The van der Waals surface area contributed by atoms with E-state index in [9.17, 15) is 0 Å². The van der Waals surface area contributed by atoms with Gasteiger partial charge in [0.05, 0.1) is 0 Å². The van der Waals surface area contributed by atoms with Gasteiger partial charge in [0.1, 0.15) is 0 Å². The van der Waals surface area contributed by atoms with Gasteiger partial charge in [-0.25, -0.2) is 0 Å². The van der Waals surface area contributed by atoms with E-state index in [1.54, 1.807) is 13.3 Å². The summed E-state index contributed by atoms with van der Waals surface area (Å²) in [7, 11) is -1.39. The molecule has 0 bridgehead atoms. The van der Waals surface area contributed by atoms with Crippen molar-refractivity contribution in [1.82, 2.24) is 0 Å². The Morgan fingerprint density at radius 1 is 1.00 bits per heavy atom. The Morgan fingerprint density at radius 3 is 2.00 bits per heavy atom. The van der Waals surface area contributed by atoms with Crippen LogP contribution in [0.2, 0.25) is 33.0 Å². The van der Waals surface area contributed by atoms with Crippen LogP contribution >= 0.6 is 0 Å². The van der Waals surface area contributed by atoms with Gasteiger partial charge in [-0.3, -0.25) is 0 Å². The molecule has 0 radical (unpaired) electrons. The molecule has 2 nitrogen and oxygen atoms in total. The van der Waals surface area contributed by atoms with Crippen LogP contribution in [0.3, 0.4) is 0 Å². The fraction of sp³-hybridized carbons (Fsp3) is 0.833. The molecular weight excluding hydrogens is 537 g/mol. The normalized spacial score (nSPS) is 26.9. The average molecular weight is 593 g/mol. The van der Waals surface area contributed by atoms with Gasteiger partial charge in [-0.1, -0.05) is 0 Å². The van der Waals surface area contributed by atoms with Gasteiger partial charge in [0.25, 0.3) is 0 Å². The fourth-order valence-electron chi connectivity index (χ4n) is 7.31. The predicted octanol–water partition coefficient (Wildman–Crippen LogP) is 9.36. The zero-order valence-corrected chi connectivity index (χ0v) is 28.0. The van der Waals surface area contributed by atoms with E-state index < -0.39 is 26.5 Å². The number of hydrogen-bond donors (Lipinski definition) is 0. The van der Waals surface area contributed by atoms with Crippen molar-refractivity contribution in [1.29, 1.82) is 0 Å². The summed E-state index contributed by atoms with van der Waals surface area (Å²) in [5.41, 5.74) is 1.36. The molecule has 0 aromatic carbocycles. The Morgan fingerprint density at radius 2 is 1.56 bits per heavy atom. The Hall–Kier alpha value is -0.0344. The first kappa shape index (κ1) is 28.5. The topological polar surface area (TPSA) is 21.6 Å². The number of allylic oxidation sites excluding steroid dienone is 3. The quantitative estimate of drug-likeness (QED) is 0.207. The van der Waals surface area contributed by atoms with Crippen molar-refractivity contribution in [3.8, 4) is 0 Å². The molecule has 3 atom stereocenters. The monoisotopic (exact) mass is 593 g/mol. The predicted molar refractivity (Wildman–Crippen MR) is 156 cm³/mol. The summed E-state index contributed by atoms with van der Waals surface area (Å²) in [5, 5.41) is 2.06. The molecule has 0 fully saturated rings. The van der Waals surface area contributed by atoms with E-state index in [1.165, 1.54) is 56.9 Å². The summed E-state index contributed by atoms with van der Waals surface area (Å²) in [6.07, 6.45) is 13.7. The molecule has 0 saturated heterocycles. The second-order valence-corrected chi connectivity index (χ2v) is 31.8. The van der Waals surface area contributed by atoms with E-state index in [4.69, 9.17) is 9.73 Å². The number of fused-ring (bicyclic) bond motifs is 1. The van der Waals surface area contributed by atoms with E-state index in [0.29, 0.717) is 5.92 Å². The van der Waals surface area contributed by atoms with Crippen LogP contribution in [-0.2, 0) is 4.74 Å². The molecule has 34 heavy (non-hydrogen) atoms. The number of ether oxygens (including phenoxy) is 1. The second kappa shape index (κ2) is 11.6. The minimum absolute atomic E-state index is 0.0681. The first-order chi connectivity index (χ1) is 16.0. The van der Waals surface area contributed by atoms with Gasteiger partial charge in [-0.15, -0.1) is 0 Å². The van der Waals surface area contributed by atoms with Gasteiger partial charge in [-0.2, -0.15) is 0 Å². The summed E-state index contributed by atoms with van der Waals surface area (Å²) in [5.74, 6) is 3.13. The molecule has 0 unspecified atom stereocenters. The third kappa shape index (κ3) is 6.09. The van der Waals surface area contributed by atoms with Crippen LogP contribution in [0.5, 0.6) is 0 Å². The van der Waals surface area contributed by atoms with Gasteiger partial charge in [0, 0.05) is 0 Å². The van der Waals surface area contributed by atoms with Gasteiger partial charge >= 0.3 is 218 Å². The molecule has 2 aliphatic carbocycles. The summed E-state index contributed by atoms with van der Waals surface area (Å²) < 4.78 is 13.2. The summed E-state index contributed by atoms with van der Waals surface area (Å²) in [6.45, 7) is 22.9. The molecule has 1 heterocycles. The minimum atomic E-state index is -2.44. The molecule has 0 amide bonds. The average Bonchev–Trinajstić information content (AvgIpc) is 3.35. The van der Waals surface area contributed by atoms with Crippen LogP contribution in [0.4, 0.5) is 0 Å². The number of hydrogen-bond acceptors (Lipinski definition) is 2. The molecule has 0 spiro atoms. The Bertz CT molecular complexity index is 781. The number of rotatable bonds is 12. The van der Waals surface area contributed by atoms with E-state index in [-0.39, 0.29) is 5.54 Å². The fourth-order valence-corrected chi connectivity index (χ4v) is 32.4. The van der Waals surface area contributed by atoms with E-state index in [2.05, 4.69) is 76.0 Å². The molecule has 194 valence electrons. The van der Waals surface area contributed by atoms with Crippen LogP contribution in [0.1, 0.15) is 92.9 Å². The van der Waals surface area contributed by atoms with Crippen molar-refractivity contribution in [3.63, 3.8) is 0 Å². The number of unbranched alkanes of at least 4 members (excludes halogenated alkanes) is 3. The van der Waals surface area contributed by atoms with Crippen molar-refractivity contribution >= 4 is 32.3 Å². The van der Waals surface area contributed by atoms with E-state index in [1.807, 2.05) is 0 Å². The van der Waals surface area contributed by atoms with Gasteiger partial charge in [0.2, 0.25) is 0 Å². The van der Waals surface area contributed by atoms with Crippen molar-refractivity contribution in [2.45, 2.75) is 131 Å². The van der Waals surface area contributed by atoms with E-state index in [0.717, 1.165) is 24.3 Å². The van der Waals surface area contributed by atoms with Crippen LogP contribution in [0.15, 0.2) is 25.4 Å². The van der Waals surface area contributed by atoms with E-state index >= 15 is 0 Å². The van der Waals surface area contributed by atoms with Gasteiger partial charge < -0.3 is 0 Å². The second-order valence-electron chi connectivity index (χ2n) is 13.4. The van der Waals surface area contributed by atoms with Crippen LogP contribution in [0.25, 0.3) is 0 Å². The maximum atomic E-state index is 6.16. The molecule has 0 aromatic rings. The van der Waals surface area contributed by atoms with Crippen molar-refractivity contribution < 1.29 is 4.74 Å². The van der Waals surface area contributed by atoms with Crippen LogP contribution in [0, 0.1) is 17.8 Å². The molecule has 0 aromatic heterocycles. The first-order valence-corrected chi connectivity index (χ1v) is 25.6. The van der Waals surface area contributed by atoms with Crippen LogP contribution in [-0.4, -0.2) is 44.5 Å². The molecule has 0 N–H and O–H groups in total. The van der Waals surface area contributed by atoms with Crippen molar-refractivity contribution in [3.05, 3.63) is 20.4 Å². The van der Waals surface area contributed by atoms with Crippen LogP contribution < -0.4 is 0 Å². The summed E-state index contributed by atoms with van der Waals surface area (Å²) in [4.78, 5) is 5.00. The van der Waals surface area contributed by atoms with Gasteiger partial charge in [0.15, 0.2) is 0 Å². The zero-order chi connectivity index (χ0) is 25.1. The SMILES string of the molecule is CCC[CH2][Sn]([CH2]CCC)([CH2]CCC)[C]1=C([Si](C)(C)C)[C@H]2CC=C(C3=NC(C)(C)CO3)[C@H](C)[C@H]2C1. The molecule has 3 rings (SSSR count). The molecule has 4 heteroatoms. The van der Waals surface area contributed by atoms with Gasteiger partial charge in [-0.05, 0) is 0 Å². The standard InChI is InChI=1S/C18H28NOSi.3C4H9.Sn/c1-12-13-9-10-16(21(4,5)6)15(13)8-7-14(12)17-19-18(2,3)11-20-17;3*1-3-4-2;/h7,12-13,15H,8-9,11H2,1-6H3;3*1,3-4H2,2H3;/t12-,13-,15+;;;;/m1..../s1. The molecule has 1 aliphatic heterocycles. The summed E-state index contributed by atoms with van der Waals surface area (Å²) >= 11 is -2.44. The number of nitrogens with zero attached hydrogens (tertiary/aromatic N) is 1. The Labute approximate surface area is 217 Å². The molecular formula is C30H55NOSiSn. The third-order valence-electron chi connectivity index (χ3n) is 9.07. The first-order valence-electron chi connectivity index (χ1n) is 14.7. The molecule has 0 saturated carbocycles. The van der Waals surface area contributed by atoms with Crippen molar-refractivity contribution in [2.75, 3.05) is 6.61 Å². The Kier molecular flexibility index (Phi) is 9.71. The maximum absolute atomic E-state index is 6.16. The number of aliphatic imine (C=N–C) groups is 1. The molecule has 3 aliphatic rings.